The van der Waals surface area contributed by atoms with Crippen molar-refractivity contribution in [2.45, 2.75) is 18.8 Å². The number of hydrogen-bond donors (Lipinski definition) is 3. The summed E-state index contributed by atoms with van der Waals surface area (Å²) in [6.45, 7) is 0. The van der Waals surface area contributed by atoms with Crippen molar-refractivity contribution in [1.29, 1.82) is 5.41 Å². The van der Waals surface area contributed by atoms with Crippen molar-refractivity contribution in [3.63, 3.8) is 0 Å². The largest absolute Gasteiger partial charge is 0.573 e. The fourth-order valence-corrected chi connectivity index (χ4v) is 2.89. The molecular weight excluding hydrogens is 349 g/mol. The molecule has 1 aliphatic rings. The highest BCUT2D eigenvalue weighted by atomic mass is 19.4. The van der Waals surface area contributed by atoms with Gasteiger partial charge in [0.2, 0.25) is 0 Å². The van der Waals surface area contributed by atoms with Crippen LogP contribution in [0.1, 0.15) is 5.56 Å². The highest BCUT2D eigenvalue weighted by Crippen LogP contribution is 2.33. The van der Waals surface area contributed by atoms with Crippen LogP contribution in [0.15, 0.2) is 42.5 Å². The van der Waals surface area contributed by atoms with Gasteiger partial charge in [0.05, 0.1) is 11.7 Å². The number of nitrogens with two attached hydrogens (primary N) is 2. The molecule has 0 spiro atoms. The van der Waals surface area contributed by atoms with Gasteiger partial charge in [0.1, 0.15) is 11.6 Å². The van der Waals surface area contributed by atoms with E-state index in [4.69, 9.17) is 16.9 Å². The molecule has 0 fully saturated rings. The number of fused-ring (bicyclic) bond motifs is 1. The highest BCUT2D eigenvalue weighted by molar-refractivity contribution is 6.18. The summed E-state index contributed by atoms with van der Waals surface area (Å²) in [5.41, 5.74) is 13.5. The number of urea groups is 1. The first kappa shape index (κ1) is 17.7. The second kappa shape index (κ2) is 6.34. The number of primary amides is 1. The minimum absolute atomic E-state index is 0.0988. The normalized spacial score (nSPS) is 17.0. The number of ether oxygens (including phenoxy) is 1. The Morgan fingerprint density at radius 3 is 2.54 bits per heavy atom. The number of halogens is 3. The van der Waals surface area contributed by atoms with E-state index in [0.717, 1.165) is 4.90 Å². The molecule has 2 aromatic rings. The van der Waals surface area contributed by atoms with Gasteiger partial charge in [-0.2, -0.15) is 0 Å². The molecule has 1 atom stereocenters. The smallest absolute Gasteiger partial charge is 0.406 e. The minimum Gasteiger partial charge on any atom is -0.406 e. The quantitative estimate of drug-likeness (QED) is 0.763. The van der Waals surface area contributed by atoms with Crippen LogP contribution in [0.3, 0.4) is 0 Å². The van der Waals surface area contributed by atoms with E-state index in [0.29, 0.717) is 28.8 Å². The van der Waals surface area contributed by atoms with Gasteiger partial charge >= 0.3 is 12.4 Å². The summed E-state index contributed by atoms with van der Waals surface area (Å²) in [5.74, 6) is -0.428. The van der Waals surface area contributed by atoms with Gasteiger partial charge in [-0.25, -0.2) is 9.69 Å². The Hall–Kier alpha value is -3.07. The van der Waals surface area contributed by atoms with E-state index < -0.39 is 18.4 Å². The maximum absolute atomic E-state index is 12.4. The zero-order chi connectivity index (χ0) is 19.1. The average molecular weight is 364 g/mol. The molecule has 0 radical (unpaired) electrons. The van der Waals surface area contributed by atoms with E-state index in [2.05, 4.69) is 4.74 Å². The Balaban J connectivity index is 2.00. The Morgan fingerprint density at radius 2 is 1.88 bits per heavy atom. The second-order valence-corrected chi connectivity index (χ2v) is 5.79. The minimum atomic E-state index is -4.77. The molecule has 0 saturated carbocycles. The number of amidine groups is 1. The SMILES string of the molecule is N=C1C(N)Cc2cc(-c3cccc(OC(F)(F)F)c3)ccc2N1C(N)=O. The molecule has 0 aliphatic carbocycles. The summed E-state index contributed by atoms with van der Waals surface area (Å²) < 4.78 is 41.1. The average Bonchev–Trinajstić information content (AvgIpc) is 2.54. The Kier molecular flexibility index (Phi) is 4.33. The van der Waals surface area contributed by atoms with E-state index in [9.17, 15) is 18.0 Å². The molecule has 1 unspecified atom stereocenters. The summed E-state index contributed by atoms with van der Waals surface area (Å²) in [6, 6.07) is 8.98. The van der Waals surface area contributed by atoms with Gasteiger partial charge in [-0.3, -0.25) is 5.41 Å². The van der Waals surface area contributed by atoms with Crippen molar-refractivity contribution in [3.05, 3.63) is 48.0 Å². The van der Waals surface area contributed by atoms with E-state index in [-0.39, 0.29) is 11.6 Å². The van der Waals surface area contributed by atoms with Gasteiger partial charge in [-0.1, -0.05) is 18.2 Å². The molecule has 3 rings (SSSR count). The molecular formula is C17H15F3N4O2. The topological polar surface area (TPSA) is 105 Å². The second-order valence-electron chi connectivity index (χ2n) is 5.79. The van der Waals surface area contributed by atoms with Crippen molar-refractivity contribution in [2.24, 2.45) is 11.5 Å². The van der Waals surface area contributed by atoms with Crippen molar-refractivity contribution < 1.29 is 22.7 Å². The molecule has 9 heteroatoms. The van der Waals surface area contributed by atoms with Crippen LogP contribution in [0.2, 0.25) is 0 Å². The zero-order valence-electron chi connectivity index (χ0n) is 13.4. The Bertz CT molecular complexity index is 883. The lowest BCUT2D eigenvalue weighted by atomic mass is 9.93. The third-order valence-electron chi connectivity index (χ3n) is 3.97. The number of amides is 2. The van der Waals surface area contributed by atoms with Gasteiger partial charge in [0.15, 0.2) is 0 Å². The zero-order valence-corrected chi connectivity index (χ0v) is 13.4. The summed E-state index contributed by atoms with van der Waals surface area (Å²) in [5, 5.41) is 7.92. The Labute approximate surface area is 146 Å². The first-order valence-corrected chi connectivity index (χ1v) is 7.58. The first-order valence-electron chi connectivity index (χ1n) is 7.58. The molecule has 26 heavy (non-hydrogen) atoms. The van der Waals surface area contributed by atoms with Crippen LogP contribution in [-0.2, 0) is 6.42 Å². The fraction of sp³-hybridized carbons (Fsp3) is 0.176. The van der Waals surface area contributed by atoms with E-state index >= 15 is 0 Å². The van der Waals surface area contributed by atoms with E-state index in [1.165, 1.54) is 18.2 Å². The van der Waals surface area contributed by atoms with Gasteiger partial charge in [0.25, 0.3) is 0 Å². The molecule has 0 bridgehead atoms. The summed E-state index contributed by atoms with van der Waals surface area (Å²) in [4.78, 5) is 12.7. The lowest BCUT2D eigenvalue weighted by molar-refractivity contribution is -0.274. The van der Waals surface area contributed by atoms with Crippen molar-refractivity contribution in [1.82, 2.24) is 0 Å². The lowest BCUT2D eigenvalue weighted by Gasteiger charge is -2.32. The van der Waals surface area contributed by atoms with Crippen molar-refractivity contribution in [3.8, 4) is 16.9 Å². The van der Waals surface area contributed by atoms with Gasteiger partial charge in [-0.15, -0.1) is 13.2 Å². The molecule has 0 saturated heterocycles. The number of hydrogen-bond acceptors (Lipinski definition) is 4. The predicted octanol–water partition coefficient (Wildman–Crippen LogP) is 3.00. The van der Waals surface area contributed by atoms with Crippen molar-refractivity contribution in [2.75, 3.05) is 4.90 Å². The number of benzene rings is 2. The van der Waals surface area contributed by atoms with E-state index in [1.54, 1.807) is 24.3 Å². The summed E-state index contributed by atoms with van der Waals surface area (Å²) in [6.07, 6.45) is -4.46. The number of nitrogens with one attached hydrogen (secondary N) is 1. The molecule has 136 valence electrons. The first-order chi connectivity index (χ1) is 12.2. The van der Waals surface area contributed by atoms with Gasteiger partial charge in [0, 0.05) is 0 Å². The third-order valence-corrected chi connectivity index (χ3v) is 3.97. The number of carbonyl (C=O) groups excluding carboxylic acids is 1. The standard InChI is InChI=1S/C17H15F3N4O2/c18-17(19,20)26-12-3-1-2-9(7-12)10-4-5-14-11(6-10)8-13(21)15(22)24(14)16(23)25/h1-7,13,22H,8,21H2,(H2,23,25). The van der Waals surface area contributed by atoms with E-state index in [1.807, 2.05) is 0 Å². The van der Waals surface area contributed by atoms with Crippen LogP contribution in [0.4, 0.5) is 23.7 Å². The summed E-state index contributed by atoms with van der Waals surface area (Å²) in [7, 11) is 0. The van der Waals surface area contributed by atoms with Gasteiger partial charge in [-0.05, 0) is 47.4 Å². The van der Waals surface area contributed by atoms with Crippen LogP contribution >= 0.6 is 0 Å². The number of carbonyl (C=O) groups is 1. The molecule has 2 aromatic carbocycles. The maximum Gasteiger partial charge on any atom is 0.573 e. The number of rotatable bonds is 2. The maximum atomic E-state index is 12.4. The van der Waals surface area contributed by atoms with Crippen LogP contribution in [0.25, 0.3) is 11.1 Å². The molecule has 5 N–H and O–H groups in total. The molecule has 2 amide bonds. The molecule has 1 heterocycles. The highest BCUT2D eigenvalue weighted by Gasteiger charge is 2.32. The monoisotopic (exact) mass is 364 g/mol. The van der Waals surface area contributed by atoms with Gasteiger partial charge < -0.3 is 16.2 Å². The molecule has 1 aliphatic heterocycles. The van der Waals surface area contributed by atoms with Crippen LogP contribution in [0.5, 0.6) is 5.75 Å². The van der Waals surface area contributed by atoms with Crippen LogP contribution in [0, 0.1) is 5.41 Å². The Morgan fingerprint density at radius 1 is 1.19 bits per heavy atom. The van der Waals surface area contributed by atoms with Crippen molar-refractivity contribution >= 4 is 17.6 Å². The van der Waals surface area contributed by atoms with Crippen LogP contribution in [-0.4, -0.2) is 24.3 Å². The van der Waals surface area contributed by atoms with Crippen LogP contribution < -0.4 is 21.1 Å². The number of nitrogens with zero attached hydrogens (tertiary/aromatic N) is 1. The molecule has 0 aromatic heterocycles. The molecule has 6 nitrogen and oxygen atoms in total. The fourth-order valence-electron chi connectivity index (χ4n) is 2.89. The third kappa shape index (κ3) is 3.47. The lowest BCUT2D eigenvalue weighted by Crippen LogP contribution is -2.52. The number of anilines is 1. The summed E-state index contributed by atoms with van der Waals surface area (Å²) >= 11 is 0. The predicted molar refractivity (Wildman–Crippen MR) is 90.0 cm³/mol. The number of alkyl halides is 3.